The molecule has 0 aliphatic rings. The van der Waals surface area contributed by atoms with Crippen LogP contribution in [-0.4, -0.2) is 14.2 Å². The number of aromatic nitrogens is 4. The van der Waals surface area contributed by atoms with Gasteiger partial charge >= 0.3 is 17.0 Å². The summed E-state index contributed by atoms with van der Waals surface area (Å²) in [5.41, 5.74) is 5.74. The van der Waals surface area contributed by atoms with Gasteiger partial charge in [-0.15, -0.1) is 0 Å². The Labute approximate surface area is 252 Å². The van der Waals surface area contributed by atoms with Crippen molar-refractivity contribution >= 4 is 28.8 Å². The van der Waals surface area contributed by atoms with E-state index in [4.69, 9.17) is 28.3 Å². The Balaban J connectivity index is 1.74. The lowest BCUT2D eigenvalue weighted by molar-refractivity contribution is -0.557. The van der Waals surface area contributed by atoms with Crippen molar-refractivity contribution in [1.82, 2.24) is 14.2 Å². The van der Waals surface area contributed by atoms with E-state index in [1.807, 2.05) is 132 Å². The fraction of sp³-hybridized carbons (Fsp3) is 0. The van der Waals surface area contributed by atoms with E-state index >= 15 is 0 Å². The van der Waals surface area contributed by atoms with E-state index in [-0.39, 0.29) is 5.56 Å². The molecule has 0 saturated heterocycles. The van der Waals surface area contributed by atoms with Crippen LogP contribution in [0.15, 0.2) is 144 Å². The van der Waals surface area contributed by atoms with Gasteiger partial charge < -0.3 is 0 Å². The molecule has 0 spiro atoms. The first-order chi connectivity index (χ1) is 20.6. The lowest BCUT2D eigenvalue weighted by atomic mass is 10.0. The second-order valence-electron chi connectivity index (χ2n) is 9.78. The molecular weight excluding hydrogens is 563 g/mol. The van der Waals surface area contributed by atoms with Gasteiger partial charge in [0.05, 0.1) is 16.4 Å². The van der Waals surface area contributed by atoms with E-state index in [2.05, 4.69) is 0 Å². The molecule has 0 amide bonds. The standard InChI is InChI=1S/C35H23Cl2N4O/c36-27-16-20-29(21-17-27)39-31(24-10-4-1-5-11-24)32(25-12-6-2-7-13-25)41-34(35(39)42)40(30-22-18-28(37)19-23-30)33(38-41)26-14-8-3-9-15-26/h1-23H/q+1. The van der Waals surface area contributed by atoms with Crippen molar-refractivity contribution in [3.05, 3.63) is 160 Å². The summed E-state index contributed by atoms with van der Waals surface area (Å²) in [5.74, 6) is 0.625. The van der Waals surface area contributed by atoms with Gasteiger partial charge in [0.1, 0.15) is 5.69 Å². The average molecular weight is 587 g/mol. The van der Waals surface area contributed by atoms with Gasteiger partial charge in [0.2, 0.25) is 0 Å². The molecule has 7 rings (SSSR count). The number of rotatable bonds is 5. The molecule has 0 atom stereocenters. The number of nitrogens with zero attached hydrogens (tertiary/aromatic N) is 4. The van der Waals surface area contributed by atoms with E-state index in [9.17, 15) is 4.79 Å². The van der Waals surface area contributed by atoms with Crippen molar-refractivity contribution < 1.29 is 4.57 Å². The second kappa shape index (κ2) is 10.8. The molecule has 0 radical (unpaired) electrons. The van der Waals surface area contributed by atoms with Gasteiger partial charge in [0, 0.05) is 26.9 Å². The lowest BCUT2D eigenvalue weighted by Crippen LogP contribution is -2.39. The van der Waals surface area contributed by atoms with Gasteiger partial charge in [-0.2, -0.15) is 4.57 Å². The minimum absolute atomic E-state index is 0.236. The highest BCUT2D eigenvalue weighted by Crippen LogP contribution is 2.34. The third-order valence-electron chi connectivity index (χ3n) is 7.17. The Morgan fingerprint density at radius 3 is 1.57 bits per heavy atom. The molecule has 42 heavy (non-hydrogen) atoms. The SMILES string of the molecule is O=c1c2n(nc(-c3ccccc3)[n+]2-c2ccc(Cl)cc2)c(-c2ccccc2)c(-c2ccccc2)n1-c1ccc(Cl)cc1. The maximum absolute atomic E-state index is 14.9. The molecule has 0 aliphatic carbocycles. The van der Waals surface area contributed by atoms with E-state index in [1.54, 1.807) is 21.2 Å². The maximum Gasteiger partial charge on any atom is 0.338 e. The van der Waals surface area contributed by atoms with Crippen LogP contribution in [0.4, 0.5) is 0 Å². The highest BCUT2D eigenvalue weighted by Gasteiger charge is 2.33. The molecule has 5 nitrogen and oxygen atoms in total. The molecule has 202 valence electrons. The van der Waals surface area contributed by atoms with E-state index in [1.165, 1.54) is 0 Å². The van der Waals surface area contributed by atoms with Gasteiger partial charge in [0.15, 0.2) is 5.69 Å². The zero-order valence-electron chi connectivity index (χ0n) is 22.2. The summed E-state index contributed by atoms with van der Waals surface area (Å²) in [6.07, 6.45) is 0. The predicted octanol–water partition coefficient (Wildman–Crippen LogP) is 8.07. The first-order valence-electron chi connectivity index (χ1n) is 13.4. The van der Waals surface area contributed by atoms with Crippen LogP contribution < -0.4 is 10.1 Å². The van der Waals surface area contributed by atoms with Crippen LogP contribution in [0.2, 0.25) is 10.0 Å². The monoisotopic (exact) mass is 585 g/mol. The molecule has 2 aromatic heterocycles. The van der Waals surface area contributed by atoms with Crippen LogP contribution in [-0.2, 0) is 0 Å². The molecule has 0 fully saturated rings. The van der Waals surface area contributed by atoms with E-state index in [0.29, 0.717) is 32.9 Å². The van der Waals surface area contributed by atoms with Crippen LogP contribution in [0, 0.1) is 0 Å². The molecule has 7 aromatic rings. The van der Waals surface area contributed by atoms with Crippen LogP contribution in [0.3, 0.4) is 0 Å². The molecule has 0 bridgehead atoms. The van der Waals surface area contributed by atoms with Crippen molar-refractivity contribution in [2.24, 2.45) is 0 Å². The summed E-state index contributed by atoms with van der Waals surface area (Å²) in [6.45, 7) is 0. The van der Waals surface area contributed by atoms with E-state index < -0.39 is 0 Å². The summed E-state index contributed by atoms with van der Waals surface area (Å²) in [4.78, 5) is 14.9. The fourth-order valence-electron chi connectivity index (χ4n) is 5.29. The lowest BCUT2D eigenvalue weighted by Gasteiger charge is -2.16. The number of benzene rings is 5. The molecule has 5 aromatic carbocycles. The zero-order chi connectivity index (χ0) is 28.6. The van der Waals surface area contributed by atoms with Gasteiger partial charge in [-0.25, -0.2) is 0 Å². The second-order valence-corrected chi connectivity index (χ2v) is 10.7. The quantitative estimate of drug-likeness (QED) is 0.192. The fourth-order valence-corrected chi connectivity index (χ4v) is 5.55. The van der Waals surface area contributed by atoms with Crippen LogP contribution in [0.25, 0.3) is 50.9 Å². The molecule has 7 heteroatoms. The van der Waals surface area contributed by atoms with Crippen molar-refractivity contribution in [3.63, 3.8) is 0 Å². The highest BCUT2D eigenvalue weighted by molar-refractivity contribution is 6.30. The van der Waals surface area contributed by atoms with Gasteiger partial charge in [-0.1, -0.05) is 107 Å². The summed E-state index contributed by atoms with van der Waals surface area (Å²) < 4.78 is 5.44. The van der Waals surface area contributed by atoms with Crippen LogP contribution >= 0.6 is 23.2 Å². The summed E-state index contributed by atoms with van der Waals surface area (Å²) >= 11 is 12.6. The topological polar surface area (TPSA) is 43.2 Å². The minimum atomic E-state index is -0.236. The molecule has 0 unspecified atom stereocenters. The number of hydrogen-bond donors (Lipinski definition) is 0. The molecule has 2 heterocycles. The maximum atomic E-state index is 14.9. The highest BCUT2D eigenvalue weighted by atomic mass is 35.5. The summed E-state index contributed by atoms with van der Waals surface area (Å²) in [5, 5.41) is 6.36. The van der Waals surface area contributed by atoms with Crippen LogP contribution in [0.1, 0.15) is 0 Å². The predicted molar refractivity (Wildman–Crippen MR) is 169 cm³/mol. The van der Waals surface area contributed by atoms with Crippen molar-refractivity contribution in [2.45, 2.75) is 0 Å². The average Bonchev–Trinajstić information content (AvgIpc) is 3.44. The zero-order valence-corrected chi connectivity index (χ0v) is 23.7. The van der Waals surface area contributed by atoms with E-state index in [0.717, 1.165) is 28.1 Å². The van der Waals surface area contributed by atoms with Gasteiger partial charge in [-0.05, 0) is 60.7 Å². The Morgan fingerprint density at radius 2 is 1.02 bits per heavy atom. The summed E-state index contributed by atoms with van der Waals surface area (Å²) in [7, 11) is 0. The third kappa shape index (κ3) is 4.49. The Kier molecular flexibility index (Phi) is 6.67. The number of hydrogen-bond acceptors (Lipinski definition) is 2. The third-order valence-corrected chi connectivity index (χ3v) is 7.67. The van der Waals surface area contributed by atoms with Crippen molar-refractivity contribution in [2.75, 3.05) is 0 Å². The molecule has 0 saturated carbocycles. The number of fused-ring (bicyclic) bond motifs is 1. The normalized spacial score (nSPS) is 11.2. The first-order valence-corrected chi connectivity index (χ1v) is 14.2. The van der Waals surface area contributed by atoms with Crippen molar-refractivity contribution in [3.8, 4) is 45.3 Å². The molecule has 0 aliphatic heterocycles. The number of halogens is 2. The molecular formula is C35H23Cl2N4O+. The Hall–Kier alpha value is -4.97. The largest absolute Gasteiger partial charge is 0.338 e. The Morgan fingerprint density at radius 1 is 0.548 bits per heavy atom. The summed E-state index contributed by atoms with van der Waals surface area (Å²) in [6, 6.07) is 44.6. The smallest absolute Gasteiger partial charge is 0.267 e. The first kappa shape index (κ1) is 26.0. The Bertz CT molecular complexity index is 2090. The van der Waals surface area contributed by atoms with Crippen LogP contribution in [0.5, 0.6) is 0 Å². The molecule has 0 N–H and O–H groups in total. The van der Waals surface area contributed by atoms with Gasteiger partial charge in [0.25, 0.3) is 0 Å². The van der Waals surface area contributed by atoms with Crippen molar-refractivity contribution in [1.29, 1.82) is 0 Å². The van der Waals surface area contributed by atoms with Gasteiger partial charge in [-0.3, -0.25) is 9.36 Å². The minimum Gasteiger partial charge on any atom is -0.267 e.